The number of pyridine rings is 1. The number of amides is 1. The lowest BCUT2D eigenvalue weighted by Gasteiger charge is -2.13. The van der Waals surface area contributed by atoms with Gasteiger partial charge in [0.2, 0.25) is 0 Å². The molecule has 24 heavy (non-hydrogen) atoms. The highest BCUT2D eigenvalue weighted by atomic mass is 19.1. The number of aliphatic hydroxyl groups excluding tert-OH is 1. The van der Waals surface area contributed by atoms with Crippen LogP contribution in [0.2, 0.25) is 0 Å². The third-order valence-corrected chi connectivity index (χ3v) is 3.40. The lowest BCUT2D eigenvalue weighted by molar-refractivity contribution is 0.0839. The fourth-order valence-electron chi connectivity index (χ4n) is 2.18. The van der Waals surface area contributed by atoms with Crippen LogP contribution in [0.3, 0.4) is 0 Å². The first kappa shape index (κ1) is 15.9. The largest absolute Gasteiger partial charge is 0.491 e. The zero-order valence-corrected chi connectivity index (χ0v) is 12.7. The average Bonchev–Trinajstić information content (AvgIpc) is 3.03. The summed E-state index contributed by atoms with van der Waals surface area (Å²) < 4.78 is 19.8. The number of halogens is 1. The van der Waals surface area contributed by atoms with E-state index in [1.165, 1.54) is 30.5 Å². The molecule has 1 aromatic carbocycles. The second-order valence-corrected chi connectivity index (χ2v) is 5.20. The van der Waals surface area contributed by atoms with Gasteiger partial charge in [-0.2, -0.15) is 0 Å². The normalized spacial score (nSPS) is 12.1. The van der Waals surface area contributed by atoms with Crippen LogP contribution in [-0.4, -0.2) is 39.7 Å². The molecular formula is C17H16FN3O3. The van der Waals surface area contributed by atoms with Crippen molar-refractivity contribution in [1.82, 2.24) is 14.7 Å². The first-order valence-electron chi connectivity index (χ1n) is 7.40. The molecule has 0 radical (unpaired) electrons. The Bertz CT molecular complexity index is 832. The number of aliphatic hydroxyl groups is 1. The molecule has 0 aliphatic heterocycles. The van der Waals surface area contributed by atoms with Crippen molar-refractivity contribution >= 4 is 11.6 Å². The third kappa shape index (κ3) is 3.69. The number of hydrogen-bond donors (Lipinski definition) is 2. The zero-order valence-electron chi connectivity index (χ0n) is 12.7. The molecule has 3 aromatic rings. The fraction of sp³-hybridized carbons (Fsp3) is 0.176. The highest BCUT2D eigenvalue weighted by Gasteiger charge is 2.13. The van der Waals surface area contributed by atoms with Gasteiger partial charge in [0.25, 0.3) is 5.91 Å². The lowest BCUT2D eigenvalue weighted by Crippen LogP contribution is -2.35. The molecule has 0 aliphatic carbocycles. The number of carbonyl (C=O) groups excluding carboxylic acids is 1. The molecule has 7 heteroatoms. The molecule has 1 unspecified atom stereocenters. The molecule has 3 rings (SSSR count). The van der Waals surface area contributed by atoms with Crippen molar-refractivity contribution in [2.24, 2.45) is 0 Å². The molecule has 0 bridgehead atoms. The summed E-state index contributed by atoms with van der Waals surface area (Å²) in [5.74, 6) is -0.249. The number of imidazole rings is 1. The highest BCUT2D eigenvalue weighted by Crippen LogP contribution is 2.11. The fourth-order valence-corrected chi connectivity index (χ4v) is 2.18. The van der Waals surface area contributed by atoms with E-state index < -0.39 is 6.10 Å². The van der Waals surface area contributed by atoms with E-state index in [4.69, 9.17) is 4.74 Å². The second kappa shape index (κ2) is 7.10. The number of rotatable bonds is 6. The predicted molar refractivity (Wildman–Crippen MR) is 85.4 cm³/mol. The maximum atomic E-state index is 12.8. The van der Waals surface area contributed by atoms with Crippen LogP contribution in [0.15, 0.2) is 54.9 Å². The van der Waals surface area contributed by atoms with Crippen LogP contribution in [0.4, 0.5) is 4.39 Å². The van der Waals surface area contributed by atoms with Crippen LogP contribution in [0.5, 0.6) is 5.75 Å². The van der Waals surface area contributed by atoms with E-state index in [-0.39, 0.29) is 24.9 Å². The number of carbonyl (C=O) groups is 1. The van der Waals surface area contributed by atoms with Gasteiger partial charge in [-0.05, 0) is 36.4 Å². The van der Waals surface area contributed by atoms with Gasteiger partial charge in [0, 0.05) is 12.7 Å². The van der Waals surface area contributed by atoms with Crippen LogP contribution in [0, 0.1) is 5.82 Å². The Labute approximate surface area is 137 Å². The summed E-state index contributed by atoms with van der Waals surface area (Å²) in [6.45, 7) is 0.0131. The Morgan fingerprint density at radius 2 is 2.08 bits per heavy atom. The smallest absolute Gasteiger partial charge is 0.270 e. The van der Waals surface area contributed by atoms with Crippen molar-refractivity contribution < 1.29 is 19.0 Å². The summed E-state index contributed by atoms with van der Waals surface area (Å²) in [4.78, 5) is 16.3. The second-order valence-electron chi connectivity index (χ2n) is 5.20. The maximum Gasteiger partial charge on any atom is 0.270 e. The number of aromatic nitrogens is 2. The van der Waals surface area contributed by atoms with Crippen LogP contribution in [-0.2, 0) is 0 Å². The number of benzene rings is 1. The molecule has 2 N–H and O–H groups in total. The van der Waals surface area contributed by atoms with E-state index in [0.717, 1.165) is 0 Å². The number of ether oxygens (including phenoxy) is 1. The van der Waals surface area contributed by atoms with Gasteiger partial charge in [0.05, 0.1) is 6.20 Å². The topological polar surface area (TPSA) is 75.9 Å². The van der Waals surface area contributed by atoms with Gasteiger partial charge in [-0.15, -0.1) is 0 Å². The molecule has 124 valence electrons. The molecule has 6 nitrogen and oxygen atoms in total. The van der Waals surface area contributed by atoms with Crippen molar-refractivity contribution in [3.63, 3.8) is 0 Å². The molecule has 0 saturated carbocycles. The van der Waals surface area contributed by atoms with Crippen molar-refractivity contribution in [1.29, 1.82) is 0 Å². The maximum absolute atomic E-state index is 12.8. The minimum Gasteiger partial charge on any atom is -0.491 e. The van der Waals surface area contributed by atoms with Crippen molar-refractivity contribution in [2.45, 2.75) is 6.10 Å². The number of fused-ring (bicyclic) bond motifs is 1. The van der Waals surface area contributed by atoms with Crippen molar-refractivity contribution in [3.8, 4) is 5.75 Å². The Morgan fingerprint density at radius 3 is 2.88 bits per heavy atom. The van der Waals surface area contributed by atoms with Gasteiger partial charge in [-0.25, -0.2) is 9.37 Å². The summed E-state index contributed by atoms with van der Waals surface area (Å²) >= 11 is 0. The Morgan fingerprint density at radius 1 is 1.29 bits per heavy atom. The molecule has 0 fully saturated rings. The summed E-state index contributed by atoms with van der Waals surface area (Å²) in [7, 11) is 0. The van der Waals surface area contributed by atoms with E-state index in [0.29, 0.717) is 17.1 Å². The van der Waals surface area contributed by atoms with Gasteiger partial charge in [-0.3, -0.25) is 9.20 Å². The predicted octanol–water partition coefficient (Wildman–Crippen LogP) is 1.64. The van der Waals surface area contributed by atoms with E-state index >= 15 is 0 Å². The number of nitrogens with one attached hydrogen (secondary N) is 1. The van der Waals surface area contributed by atoms with Crippen molar-refractivity contribution in [3.05, 3.63) is 66.4 Å². The monoisotopic (exact) mass is 329 g/mol. The summed E-state index contributed by atoms with van der Waals surface area (Å²) in [5.41, 5.74) is 1.06. The minimum absolute atomic E-state index is 0.0148. The SMILES string of the molecule is O=C(NCC(O)COc1ccc(F)cc1)c1cnc2ccccn12. The molecule has 1 amide bonds. The first-order valence-corrected chi connectivity index (χ1v) is 7.40. The van der Waals surface area contributed by atoms with Crippen LogP contribution >= 0.6 is 0 Å². The Balaban J connectivity index is 1.51. The quantitative estimate of drug-likeness (QED) is 0.721. The summed E-state index contributed by atoms with van der Waals surface area (Å²) in [5, 5.41) is 12.5. The van der Waals surface area contributed by atoms with Gasteiger partial charge < -0.3 is 15.2 Å². The minimum atomic E-state index is -0.891. The standard InChI is InChI=1S/C17H16FN3O3/c18-12-4-6-14(7-5-12)24-11-13(22)9-20-17(23)15-10-19-16-3-1-2-8-21(15)16/h1-8,10,13,22H,9,11H2,(H,20,23). The van der Waals surface area contributed by atoms with Gasteiger partial charge in [0.1, 0.15) is 35.6 Å². The third-order valence-electron chi connectivity index (χ3n) is 3.40. The Hall–Kier alpha value is -2.93. The van der Waals surface area contributed by atoms with Crippen LogP contribution in [0.1, 0.15) is 10.5 Å². The molecular weight excluding hydrogens is 313 g/mol. The molecule has 0 spiro atoms. The molecule has 2 heterocycles. The average molecular weight is 329 g/mol. The van der Waals surface area contributed by atoms with Crippen molar-refractivity contribution in [2.75, 3.05) is 13.2 Å². The van der Waals surface area contributed by atoms with E-state index in [1.54, 1.807) is 22.7 Å². The van der Waals surface area contributed by atoms with E-state index in [2.05, 4.69) is 10.3 Å². The van der Waals surface area contributed by atoms with Gasteiger partial charge in [0.15, 0.2) is 0 Å². The van der Waals surface area contributed by atoms with E-state index in [9.17, 15) is 14.3 Å². The summed E-state index contributed by atoms with van der Waals surface area (Å²) in [6.07, 6.45) is 2.33. The van der Waals surface area contributed by atoms with Crippen LogP contribution < -0.4 is 10.1 Å². The Kier molecular flexibility index (Phi) is 4.72. The molecule has 0 saturated heterocycles. The van der Waals surface area contributed by atoms with Crippen LogP contribution in [0.25, 0.3) is 5.65 Å². The lowest BCUT2D eigenvalue weighted by atomic mass is 10.3. The van der Waals surface area contributed by atoms with Gasteiger partial charge in [-0.1, -0.05) is 6.07 Å². The molecule has 2 aromatic heterocycles. The van der Waals surface area contributed by atoms with Gasteiger partial charge >= 0.3 is 0 Å². The molecule has 0 aliphatic rings. The zero-order chi connectivity index (χ0) is 16.9. The summed E-state index contributed by atoms with van der Waals surface area (Å²) in [6, 6.07) is 10.9. The number of hydrogen-bond acceptors (Lipinski definition) is 4. The molecule has 1 atom stereocenters. The number of nitrogens with zero attached hydrogens (tertiary/aromatic N) is 2. The highest BCUT2D eigenvalue weighted by molar-refractivity contribution is 5.93. The first-order chi connectivity index (χ1) is 11.6. The van der Waals surface area contributed by atoms with E-state index in [1.807, 2.05) is 6.07 Å².